The lowest BCUT2D eigenvalue weighted by Crippen LogP contribution is -2.43. The maximum absolute atomic E-state index is 13.1. The molecule has 2 amide bonds. The standard InChI is InChI=1S/C20H23N3O5/c1-13(24)23(12-18(26)27)15-5-3-10-22(11-9-15)20(28)16-6-2-4-14-7-8-17(25)21-19(14)16/h2,4,6-8,15H,3,5,9-12H2,1H3,(H,21,25)(H,26,27). The fraction of sp³-hybridized carbons (Fsp3) is 0.400. The highest BCUT2D eigenvalue weighted by Crippen LogP contribution is 2.21. The van der Waals surface area contributed by atoms with Crippen LogP contribution in [0.4, 0.5) is 0 Å². The SMILES string of the molecule is CC(=O)N(CC(=O)O)C1CCCN(C(=O)c2cccc3ccc(=O)[nH]c23)CC1. The van der Waals surface area contributed by atoms with Crippen LogP contribution < -0.4 is 5.56 Å². The van der Waals surface area contributed by atoms with E-state index in [0.717, 1.165) is 5.39 Å². The van der Waals surface area contributed by atoms with Gasteiger partial charge < -0.3 is 19.9 Å². The van der Waals surface area contributed by atoms with E-state index in [-0.39, 0.29) is 30.0 Å². The Morgan fingerprint density at radius 3 is 2.68 bits per heavy atom. The molecule has 28 heavy (non-hydrogen) atoms. The lowest BCUT2D eigenvalue weighted by atomic mass is 10.1. The molecule has 1 aliphatic heterocycles. The monoisotopic (exact) mass is 385 g/mol. The van der Waals surface area contributed by atoms with Gasteiger partial charge in [0.15, 0.2) is 0 Å². The number of fused-ring (bicyclic) bond motifs is 1. The van der Waals surface area contributed by atoms with E-state index in [1.54, 1.807) is 23.1 Å². The van der Waals surface area contributed by atoms with Crippen molar-refractivity contribution in [2.45, 2.75) is 32.2 Å². The summed E-state index contributed by atoms with van der Waals surface area (Å²) in [4.78, 5) is 53.5. The first-order valence-corrected chi connectivity index (χ1v) is 9.27. The third-order valence-electron chi connectivity index (χ3n) is 5.13. The summed E-state index contributed by atoms with van der Waals surface area (Å²) in [6, 6.07) is 8.19. The Balaban J connectivity index is 1.80. The molecule has 0 aliphatic carbocycles. The largest absolute Gasteiger partial charge is 0.480 e. The van der Waals surface area contributed by atoms with Crippen LogP contribution in [0.2, 0.25) is 0 Å². The Morgan fingerprint density at radius 2 is 1.96 bits per heavy atom. The molecule has 1 aromatic carbocycles. The number of likely N-dealkylation sites (tertiary alicyclic amines) is 1. The molecule has 8 nitrogen and oxygen atoms in total. The first-order chi connectivity index (χ1) is 13.4. The van der Waals surface area contributed by atoms with Crippen molar-refractivity contribution in [2.24, 2.45) is 0 Å². The molecule has 1 unspecified atom stereocenters. The summed E-state index contributed by atoms with van der Waals surface area (Å²) in [6.07, 6.45) is 1.82. The van der Waals surface area contributed by atoms with Crippen molar-refractivity contribution in [1.29, 1.82) is 0 Å². The molecule has 0 bridgehead atoms. The average molecular weight is 385 g/mol. The van der Waals surface area contributed by atoms with Crippen molar-refractivity contribution in [1.82, 2.24) is 14.8 Å². The predicted molar refractivity (Wildman–Crippen MR) is 103 cm³/mol. The van der Waals surface area contributed by atoms with Crippen LogP contribution in [-0.2, 0) is 9.59 Å². The van der Waals surface area contributed by atoms with Gasteiger partial charge in [-0.15, -0.1) is 0 Å². The molecule has 0 saturated carbocycles. The number of hydrogen-bond acceptors (Lipinski definition) is 4. The molecule has 8 heteroatoms. The summed E-state index contributed by atoms with van der Waals surface area (Å²) in [6.45, 7) is 1.96. The summed E-state index contributed by atoms with van der Waals surface area (Å²) in [5, 5.41) is 9.84. The number of aromatic amines is 1. The van der Waals surface area contributed by atoms with Gasteiger partial charge in [0, 0.05) is 32.1 Å². The van der Waals surface area contributed by atoms with Gasteiger partial charge in [0.25, 0.3) is 5.91 Å². The van der Waals surface area contributed by atoms with Gasteiger partial charge >= 0.3 is 5.97 Å². The van der Waals surface area contributed by atoms with Gasteiger partial charge in [-0.25, -0.2) is 0 Å². The molecule has 0 spiro atoms. The maximum Gasteiger partial charge on any atom is 0.323 e. The van der Waals surface area contributed by atoms with Gasteiger partial charge in [-0.1, -0.05) is 12.1 Å². The van der Waals surface area contributed by atoms with E-state index in [4.69, 9.17) is 5.11 Å². The Labute approximate surface area is 161 Å². The van der Waals surface area contributed by atoms with Crippen LogP contribution in [0.1, 0.15) is 36.5 Å². The van der Waals surface area contributed by atoms with Crippen LogP contribution in [0.5, 0.6) is 0 Å². The molecule has 1 aliphatic rings. The second-order valence-corrected chi connectivity index (χ2v) is 7.01. The molecule has 1 atom stereocenters. The molecular weight excluding hydrogens is 362 g/mol. The van der Waals surface area contributed by atoms with Crippen LogP contribution in [0, 0.1) is 0 Å². The molecular formula is C20H23N3O5. The molecule has 2 aromatic rings. The Hall–Kier alpha value is -3.16. The first kappa shape index (κ1) is 19.6. The number of rotatable bonds is 4. The van der Waals surface area contributed by atoms with Crippen LogP contribution in [0.25, 0.3) is 10.9 Å². The number of pyridine rings is 1. The number of para-hydroxylation sites is 1. The zero-order chi connectivity index (χ0) is 20.3. The fourth-order valence-electron chi connectivity index (χ4n) is 3.76. The molecule has 2 heterocycles. The normalized spacial score (nSPS) is 17.2. The number of nitrogens with one attached hydrogen (secondary N) is 1. The van der Waals surface area contributed by atoms with Crippen molar-refractivity contribution in [3.63, 3.8) is 0 Å². The number of carboxylic acids is 1. The van der Waals surface area contributed by atoms with E-state index in [2.05, 4.69) is 4.98 Å². The Bertz CT molecular complexity index is 968. The highest BCUT2D eigenvalue weighted by molar-refractivity contribution is 6.05. The molecule has 148 valence electrons. The lowest BCUT2D eigenvalue weighted by Gasteiger charge is -2.29. The smallest absolute Gasteiger partial charge is 0.323 e. The molecule has 3 rings (SSSR count). The van der Waals surface area contributed by atoms with Gasteiger partial charge in [0.2, 0.25) is 11.5 Å². The van der Waals surface area contributed by atoms with Gasteiger partial charge in [0.05, 0.1) is 11.1 Å². The van der Waals surface area contributed by atoms with E-state index < -0.39 is 5.97 Å². The quantitative estimate of drug-likeness (QED) is 0.828. The second-order valence-electron chi connectivity index (χ2n) is 7.01. The van der Waals surface area contributed by atoms with Gasteiger partial charge in [-0.05, 0) is 36.8 Å². The van der Waals surface area contributed by atoms with Crippen molar-refractivity contribution in [3.8, 4) is 0 Å². The summed E-state index contributed by atoms with van der Waals surface area (Å²) in [7, 11) is 0. The highest BCUT2D eigenvalue weighted by atomic mass is 16.4. The topological polar surface area (TPSA) is 111 Å². The van der Waals surface area contributed by atoms with E-state index in [9.17, 15) is 19.2 Å². The third kappa shape index (κ3) is 4.21. The van der Waals surface area contributed by atoms with Crippen LogP contribution in [0.15, 0.2) is 35.1 Å². The second kappa shape index (κ2) is 8.24. The zero-order valence-corrected chi connectivity index (χ0v) is 15.7. The predicted octanol–water partition coefficient (Wildman–Crippen LogP) is 1.46. The van der Waals surface area contributed by atoms with Gasteiger partial charge in [-0.2, -0.15) is 0 Å². The zero-order valence-electron chi connectivity index (χ0n) is 15.7. The molecule has 2 N–H and O–H groups in total. The minimum Gasteiger partial charge on any atom is -0.480 e. The van der Waals surface area contributed by atoms with E-state index in [0.29, 0.717) is 43.4 Å². The summed E-state index contributed by atoms with van der Waals surface area (Å²) >= 11 is 0. The summed E-state index contributed by atoms with van der Waals surface area (Å²) in [5.74, 6) is -1.51. The minimum absolute atomic E-state index is 0.180. The number of carbonyl (C=O) groups excluding carboxylic acids is 2. The Morgan fingerprint density at radius 1 is 1.18 bits per heavy atom. The number of aliphatic carboxylic acids is 1. The van der Waals surface area contributed by atoms with Crippen LogP contribution >= 0.6 is 0 Å². The van der Waals surface area contributed by atoms with E-state index in [1.165, 1.54) is 17.9 Å². The van der Waals surface area contributed by atoms with Crippen molar-refractivity contribution in [3.05, 3.63) is 46.2 Å². The summed E-state index contributed by atoms with van der Waals surface area (Å²) in [5.41, 5.74) is 0.675. The number of H-pyrrole nitrogens is 1. The minimum atomic E-state index is -1.05. The molecule has 1 fully saturated rings. The molecule has 1 aromatic heterocycles. The number of aromatic nitrogens is 1. The average Bonchev–Trinajstić information content (AvgIpc) is 2.90. The van der Waals surface area contributed by atoms with E-state index >= 15 is 0 Å². The van der Waals surface area contributed by atoms with Gasteiger partial charge in [-0.3, -0.25) is 19.2 Å². The number of amides is 2. The van der Waals surface area contributed by atoms with Crippen molar-refractivity contribution in [2.75, 3.05) is 19.6 Å². The van der Waals surface area contributed by atoms with Crippen molar-refractivity contribution < 1.29 is 19.5 Å². The van der Waals surface area contributed by atoms with Crippen LogP contribution in [-0.4, -0.2) is 63.4 Å². The van der Waals surface area contributed by atoms with Crippen LogP contribution in [0.3, 0.4) is 0 Å². The van der Waals surface area contributed by atoms with E-state index in [1.807, 2.05) is 6.07 Å². The number of benzene rings is 1. The summed E-state index contributed by atoms with van der Waals surface area (Å²) < 4.78 is 0. The molecule has 0 radical (unpaired) electrons. The number of nitrogens with zero attached hydrogens (tertiary/aromatic N) is 2. The number of hydrogen-bond donors (Lipinski definition) is 2. The number of carboxylic acid groups (broad SMARTS) is 1. The maximum atomic E-state index is 13.1. The highest BCUT2D eigenvalue weighted by Gasteiger charge is 2.28. The fourth-order valence-corrected chi connectivity index (χ4v) is 3.76. The van der Waals surface area contributed by atoms with Gasteiger partial charge in [0.1, 0.15) is 6.54 Å². The number of carbonyl (C=O) groups is 3. The first-order valence-electron chi connectivity index (χ1n) is 9.27. The van der Waals surface area contributed by atoms with Crippen molar-refractivity contribution >= 4 is 28.7 Å². The third-order valence-corrected chi connectivity index (χ3v) is 5.13. The lowest BCUT2D eigenvalue weighted by molar-refractivity contribution is -0.145. The Kier molecular flexibility index (Phi) is 5.77. The molecule has 1 saturated heterocycles.